The molecular weight excluding hydrogens is 342 g/mol. The molecule has 1 aliphatic heterocycles. The number of amidine groups is 1. The van der Waals surface area contributed by atoms with Crippen LogP contribution in [0.3, 0.4) is 0 Å². The first-order valence-electron chi connectivity index (χ1n) is 9.15. The van der Waals surface area contributed by atoms with Gasteiger partial charge in [-0.3, -0.25) is 4.79 Å². The Kier molecular flexibility index (Phi) is 4.72. The number of nitrogens with zero attached hydrogens (tertiary/aromatic N) is 2. The number of carbonyl (C=O) groups is 1. The normalized spacial score (nSPS) is 21.1. The molecule has 2 heterocycles. The standard InChI is InChI=1S/C21H23N3OS/c1-14-12-16(15(2)24(14)18-10-6-7-11-18)13-19-20(25)23-21(26-19)22-17-8-4-3-5-9-17/h3-5,8-9,12-13,18H,6-7,10-11H2,1-2H3,(H,22,23,25)/b19-13-. The maximum Gasteiger partial charge on any atom is 0.264 e. The van der Waals surface area contributed by atoms with Gasteiger partial charge in [-0.05, 0) is 68.3 Å². The minimum atomic E-state index is -0.0737. The van der Waals surface area contributed by atoms with E-state index in [9.17, 15) is 4.79 Å². The largest absolute Gasteiger partial charge is 0.346 e. The molecule has 0 spiro atoms. The monoisotopic (exact) mass is 365 g/mol. The number of nitrogens with one attached hydrogen (secondary N) is 1. The van der Waals surface area contributed by atoms with Crippen LogP contribution in [0, 0.1) is 13.8 Å². The van der Waals surface area contributed by atoms with Gasteiger partial charge in [-0.25, -0.2) is 4.99 Å². The lowest BCUT2D eigenvalue weighted by Gasteiger charge is -2.17. The zero-order valence-electron chi connectivity index (χ0n) is 15.2. The minimum absolute atomic E-state index is 0.0737. The zero-order chi connectivity index (χ0) is 18.1. The second kappa shape index (κ2) is 7.16. The SMILES string of the molecule is Cc1cc(/C=C2\SC(=Nc3ccccc3)NC2=O)c(C)n1C1CCCC1. The molecule has 2 aliphatic rings. The van der Waals surface area contributed by atoms with E-state index in [2.05, 4.69) is 34.8 Å². The third-order valence-corrected chi connectivity index (χ3v) is 6.05. The van der Waals surface area contributed by atoms with E-state index in [1.165, 1.54) is 48.8 Å². The van der Waals surface area contributed by atoms with Gasteiger partial charge >= 0.3 is 0 Å². The van der Waals surface area contributed by atoms with Crippen LogP contribution in [0.25, 0.3) is 6.08 Å². The summed E-state index contributed by atoms with van der Waals surface area (Å²) in [5, 5.41) is 3.50. The molecule has 5 heteroatoms. The quantitative estimate of drug-likeness (QED) is 0.768. The summed E-state index contributed by atoms with van der Waals surface area (Å²) >= 11 is 1.41. The number of hydrogen-bond acceptors (Lipinski definition) is 3. The third-order valence-electron chi connectivity index (χ3n) is 5.14. The number of para-hydroxylation sites is 1. The number of benzene rings is 1. The highest BCUT2D eigenvalue weighted by molar-refractivity contribution is 8.18. The van der Waals surface area contributed by atoms with Crippen molar-refractivity contribution >= 4 is 34.6 Å². The second-order valence-electron chi connectivity index (χ2n) is 6.95. The lowest BCUT2D eigenvalue weighted by molar-refractivity contribution is -0.115. The van der Waals surface area contributed by atoms with Gasteiger partial charge in [0.25, 0.3) is 5.91 Å². The van der Waals surface area contributed by atoms with Gasteiger partial charge in [0.05, 0.1) is 10.6 Å². The van der Waals surface area contributed by atoms with Crippen LogP contribution in [0.5, 0.6) is 0 Å². The lowest BCUT2D eigenvalue weighted by Crippen LogP contribution is -2.19. The number of amides is 1. The summed E-state index contributed by atoms with van der Waals surface area (Å²) in [6, 6.07) is 12.5. The molecule has 2 aromatic rings. The second-order valence-corrected chi connectivity index (χ2v) is 7.98. The van der Waals surface area contributed by atoms with E-state index in [-0.39, 0.29) is 5.91 Å². The minimum Gasteiger partial charge on any atom is -0.346 e. The number of hydrogen-bond donors (Lipinski definition) is 1. The molecule has 2 fully saturated rings. The van der Waals surface area contributed by atoms with Gasteiger partial charge in [0.1, 0.15) is 0 Å². The van der Waals surface area contributed by atoms with Crippen molar-refractivity contribution in [1.82, 2.24) is 9.88 Å². The average molecular weight is 366 g/mol. The van der Waals surface area contributed by atoms with Crippen molar-refractivity contribution in [3.05, 3.63) is 58.3 Å². The van der Waals surface area contributed by atoms with Gasteiger partial charge in [0, 0.05) is 17.4 Å². The number of thioether (sulfide) groups is 1. The first-order chi connectivity index (χ1) is 12.6. The molecular formula is C21H23N3OS. The van der Waals surface area contributed by atoms with E-state index in [0.717, 1.165) is 11.3 Å². The van der Waals surface area contributed by atoms with Gasteiger partial charge in [-0.15, -0.1) is 0 Å². The number of carbonyl (C=O) groups excluding carboxylic acids is 1. The van der Waals surface area contributed by atoms with Crippen LogP contribution in [0.4, 0.5) is 5.69 Å². The Hall–Kier alpha value is -2.27. The molecule has 1 saturated heterocycles. The summed E-state index contributed by atoms with van der Waals surface area (Å²) in [6.45, 7) is 4.33. The summed E-state index contributed by atoms with van der Waals surface area (Å²) in [4.78, 5) is 17.6. The molecule has 134 valence electrons. The van der Waals surface area contributed by atoms with Gasteiger partial charge in [-0.1, -0.05) is 31.0 Å². The first-order valence-corrected chi connectivity index (χ1v) is 9.96. The molecule has 0 unspecified atom stereocenters. The van der Waals surface area contributed by atoms with Crippen molar-refractivity contribution in [3.63, 3.8) is 0 Å². The summed E-state index contributed by atoms with van der Waals surface area (Å²) in [6.07, 6.45) is 7.15. The van der Waals surface area contributed by atoms with E-state index < -0.39 is 0 Å². The Bertz CT molecular complexity index is 889. The highest BCUT2D eigenvalue weighted by Crippen LogP contribution is 2.35. The Morgan fingerprint density at radius 2 is 1.92 bits per heavy atom. The van der Waals surface area contributed by atoms with Crippen LogP contribution in [0.2, 0.25) is 0 Å². The highest BCUT2D eigenvalue weighted by atomic mass is 32.2. The smallest absolute Gasteiger partial charge is 0.264 e. The van der Waals surface area contributed by atoms with E-state index in [1.807, 2.05) is 36.4 Å². The highest BCUT2D eigenvalue weighted by Gasteiger charge is 2.25. The molecule has 1 N–H and O–H groups in total. The molecule has 0 atom stereocenters. The van der Waals surface area contributed by atoms with E-state index in [0.29, 0.717) is 16.1 Å². The van der Waals surface area contributed by atoms with E-state index >= 15 is 0 Å². The summed E-state index contributed by atoms with van der Waals surface area (Å²) < 4.78 is 2.45. The molecule has 4 nitrogen and oxygen atoms in total. The van der Waals surface area contributed by atoms with Crippen LogP contribution in [-0.4, -0.2) is 15.6 Å². The Morgan fingerprint density at radius 3 is 2.65 bits per heavy atom. The van der Waals surface area contributed by atoms with Gasteiger partial charge in [0.2, 0.25) is 0 Å². The van der Waals surface area contributed by atoms with Gasteiger partial charge < -0.3 is 9.88 Å². The van der Waals surface area contributed by atoms with Crippen LogP contribution in [0.15, 0.2) is 46.3 Å². The number of aliphatic imine (C=N–C) groups is 1. The Morgan fingerprint density at radius 1 is 1.19 bits per heavy atom. The molecule has 1 aromatic heterocycles. The van der Waals surface area contributed by atoms with E-state index in [4.69, 9.17) is 0 Å². The fraction of sp³-hybridized carbons (Fsp3) is 0.333. The molecule has 4 rings (SSSR count). The van der Waals surface area contributed by atoms with Crippen LogP contribution < -0.4 is 5.32 Å². The topological polar surface area (TPSA) is 46.4 Å². The zero-order valence-corrected chi connectivity index (χ0v) is 16.0. The van der Waals surface area contributed by atoms with Gasteiger partial charge in [-0.2, -0.15) is 0 Å². The summed E-state index contributed by atoms with van der Waals surface area (Å²) in [5.74, 6) is -0.0737. The maximum absolute atomic E-state index is 12.4. The predicted octanol–water partition coefficient (Wildman–Crippen LogP) is 5.11. The van der Waals surface area contributed by atoms with Gasteiger partial charge in [0.15, 0.2) is 5.17 Å². The fourth-order valence-corrected chi connectivity index (χ4v) is 4.75. The third kappa shape index (κ3) is 3.36. The number of aromatic nitrogens is 1. The molecule has 1 amide bonds. The van der Waals surface area contributed by atoms with Crippen LogP contribution in [0.1, 0.15) is 48.7 Å². The maximum atomic E-state index is 12.4. The molecule has 0 bridgehead atoms. The van der Waals surface area contributed by atoms with Crippen molar-refractivity contribution in [2.24, 2.45) is 4.99 Å². The lowest BCUT2D eigenvalue weighted by atomic mass is 10.2. The van der Waals surface area contributed by atoms with Crippen molar-refractivity contribution in [2.75, 3.05) is 0 Å². The van der Waals surface area contributed by atoms with Crippen molar-refractivity contribution in [3.8, 4) is 0 Å². The molecule has 1 aliphatic carbocycles. The van der Waals surface area contributed by atoms with E-state index in [1.54, 1.807) is 0 Å². The molecule has 1 aromatic carbocycles. The average Bonchev–Trinajstić information content (AvgIpc) is 3.31. The number of rotatable bonds is 3. The van der Waals surface area contributed by atoms with Crippen molar-refractivity contribution < 1.29 is 4.79 Å². The Balaban J connectivity index is 1.60. The van der Waals surface area contributed by atoms with Crippen molar-refractivity contribution in [1.29, 1.82) is 0 Å². The Labute approximate surface area is 158 Å². The predicted molar refractivity (Wildman–Crippen MR) is 109 cm³/mol. The molecule has 1 saturated carbocycles. The van der Waals surface area contributed by atoms with Crippen LogP contribution >= 0.6 is 11.8 Å². The first kappa shape index (κ1) is 17.2. The van der Waals surface area contributed by atoms with Crippen LogP contribution in [-0.2, 0) is 4.79 Å². The number of aryl methyl sites for hydroxylation is 1. The molecule has 26 heavy (non-hydrogen) atoms. The summed E-state index contributed by atoms with van der Waals surface area (Å²) in [7, 11) is 0. The summed E-state index contributed by atoms with van der Waals surface area (Å²) in [5.41, 5.74) is 4.51. The van der Waals surface area contributed by atoms with Crippen molar-refractivity contribution in [2.45, 2.75) is 45.6 Å². The fourth-order valence-electron chi connectivity index (χ4n) is 3.91. The molecule has 0 radical (unpaired) electrons.